The van der Waals surface area contributed by atoms with E-state index in [1.165, 1.54) is 4.90 Å². The van der Waals surface area contributed by atoms with Gasteiger partial charge in [0.1, 0.15) is 12.1 Å². The highest BCUT2D eigenvalue weighted by Crippen LogP contribution is 2.25. The number of benzene rings is 1. The molecule has 4 N–H and O–H groups in total. The van der Waals surface area contributed by atoms with E-state index in [4.69, 9.17) is 17.3 Å². The summed E-state index contributed by atoms with van der Waals surface area (Å²) in [5.41, 5.74) is 6.93. The van der Waals surface area contributed by atoms with Crippen molar-refractivity contribution in [2.45, 2.75) is 58.8 Å². The molecule has 1 fully saturated rings. The topological polar surface area (TPSA) is 95.7 Å². The average Bonchev–Trinajstić information content (AvgIpc) is 3.07. The van der Waals surface area contributed by atoms with Gasteiger partial charge in [0.05, 0.1) is 0 Å². The zero-order chi connectivity index (χ0) is 19.5. The Morgan fingerprint density at radius 1 is 1.38 bits per heavy atom. The number of likely N-dealkylation sites (tertiary alicyclic amines) is 1. The molecule has 0 aliphatic carbocycles. The number of amides is 2. The molecule has 1 heterocycles. The van der Waals surface area contributed by atoms with Crippen molar-refractivity contribution in [2.75, 3.05) is 6.54 Å². The molecule has 2 rings (SSSR count). The molecule has 6 nitrogen and oxygen atoms in total. The highest BCUT2D eigenvalue weighted by Gasteiger charge is 2.40. The normalized spacial score (nSPS) is 18.7. The number of aliphatic hydroxyl groups is 1. The van der Waals surface area contributed by atoms with Crippen LogP contribution in [0.5, 0.6) is 0 Å². The molecular formula is C19H28ClN3O3. The molecule has 0 aromatic heterocycles. The number of aliphatic hydroxyl groups excluding tert-OH is 1. The first-order chi connectivity index (χ1) is 12.1. The van der Waals surface area contributed by atoms with Gasteiger partial charge >= 0.3 is 0 Å². The van der Waals surface area contributed by atoms with Gasteiger partial charge in [-0.3, -0.25) is 9.59 Å². The summed E-state index contributed by atoms with van der Waals surface area (Å²) >= 11 is 6.02. The van der Waals surface area contributed by atoms with Crippen LogP contribution in [0, 0.1) is 5.41 Å². The first-order valence-electron chi connectivity index (χ1n) is 8.88. The minimum atomic E-state index is -1.13. The third-order valence-corrected chi connectivity index (χ3v) is 4.97. The zero-order valence-corrected chi connectivity index (χ0v) is 16.3. The van der Waals surface area contributed by atoms with E-state index in [1.807, 2.05) is 6.07 Å². The number of rotatable bonds is 5. The lowest BCUT2D eigenvalue weighted by Crippen LogP contribution is -2.51. The average molecular weight is 382 g/mol. The summed E-state index contributed by atoms with van der Waals surface area (Å²) in [5.74, 6) is -0.611. The van der Waals surface area contributed by atoms with E-state index >= 15 is 0 Å². The molecule has 0 bridgehead atoms. The van der Waals surface area contributed by atoms with Gasteiger partial charge in [0, 0.05) is 24.7 Å². The zero-order valence-electron chi connectivity index (χ0n) is 15.6. The van der Waals surface area contributed by atoms with Crippen LogP contribution in [0.4, 0.5) is 0 Å². The number of nitrogens with zero attached hydrogens (tertiary/aromatic N) is 1. The lowest BCUT2D eigenvalue weighted by atomic mass is 9.88. The Labute approximate surface area is 159 Å². The van der Waals surface area contributed by atoms with E-state index in [1.54, 1.807) is 32.9 Å². The van der Waals surface area contributed by atoms with Crippen LogP contribution in [0.3, 0.4) is 0 Å². The molecule has 0 saturated carbocycles. The lowest BCUT2D eigenvalue weighted by molar-refractivity contribution is -0.149. The monoisotopic (exact) mass is 381 g/mol. The van der Waals surface area contributed by atoms with Gasteiger partial charge in [0.2, 0.25) is 5.91 Å². The quantitative estimate of drug-likeness (QED) is 0.724. The van der Waals surface area contributed by atoms with Crippen molar-refractivity contribution in [2.24, 2.45) is 11.1 Å². The molecule has 1 saturated heterocycles. The van der Waals surface area contributed by atoms with E-state index in [2.05, 4.69) is 5.32 Å². The van der Waals surface area contributed by atoms with Crippen LogP contribution in [0.25, 0.3) is 0 Å². The van der Waals surface area contributed by atoms with Crippen molar-refractivity contribution >= 4 is 23.4 Å². The van der Waals surface area contributed by atoms with E-state index in [9.17, 15) is 14.7 Å². The van der Waals surface area contributed by atoms with Gasteiger partial charge in [-0.2, -0.15) is 0 Å². The summed E-state index contributed by atoms with van der Waals surface area (Å²) in [4.78, 5) is 26.7. The second kappa shape index (κ2) is 8.37. The number of hydrogen-bond donors (Lipinski definition) is 3. The van der Waals surface area contributed by atoms with Crippen molar-refractivity contribution < 1.29 is 14.7 Å². The minimum Gasteiger partial charge on any atom is -0.383 e. The fraction of sp³-hybridized carbons (Fsp3) is 0.579. The van der Waals surface area contributed by atoms with Gasteiger partial charge in [0.25, 0.3) is 5.91 Å². The van der Waals surface area contributed by atoms with Crippen molar-refractivity contribution in [3.63, 3.8) is 0 Å². The molecule has 0 radical (unpaired) electrons. The Morgan fingerprint density at radius 2 is 2.08 bits per heavy atom. The molecule has 1 aliphatic heterocycles. The minimum absolute atomic E-state index is 0.222. The van der Waals surface area contributed by atoms with Crippen molar-refractivity contribution in [1.29, 1.82) is 0 Å². The summed E-state index contributed by atoms with van der Waals surface area (Å²) in [6.45, 7) is 6.53. The third-order valence-electron chi connectivity index (χ3n) is 4.73. The Bertz CT molecular complexity index is 672. The smallest absolute Gasteiger partial charge is 0.252 e. The lowest BCUT2D eigenvalue weighted by Gasteiger charge is -2.31. The number of nitrogens with two attached hydrogens (primary N) is 1. The molecule has 7 heteroatoms. The second-order valence-electron chi connectivity index (χ2n) is 7.79. The van der Waals surface area contributed by atoms with E-state index < -0.39 is 17.6 Å². The number of hydrogen-bond acceptors (Lipinski definition) is 4. The van der Waals surface area contributed by atoms with Crippen LogP contribution < -0.4 is 11.1 Å². The molecule has 1 aliphatic rings. The Morgan fingerprint density at radius 3 is 2.69 bits per heavy atom. The SMILES string of the molecule is CC(C)(C)[C@@H](O)C(=O)N1CCCC1C(=O)NCc1cc(Cl)ccc1CN. The standard InChI is InChI=1S/C19H28ClN3O3/c1-19(2,3)16(24)18(26)23-8-4-5-15(23)17(25)22-11-13-9-14(20)7-6-12(13)10-21/h6-7,9,15-16,24H,4-5,8,10-11,21H2,1-3H3,(H,22,25)/t15?,16-/m0/s1. The maximum atomic E-state index is 12.6. The Kier molecular flexibility index (Phi) is 6.66. The van der Waals surface area contributed by atoms with Crippen LogP contribution in [0.1, 0.15) is 44.7 Å². The first kappa shape index (κ1) is 20.7. The third kappa shape index (κ3) is 4.75. The highest BCUT2D eigenvalue weighted by molar-refractivity contribution is 6.30. The Balaban J connectivity index is 2.05. The second-order valence-corrected chi connectivity index (χ2v) is 8.23. The van der Waals surface area contributed by atoms with Crippen LogP contribution in [-0.4, -0.2) is 40.5 Å². The van der Waals surface area contributed by atoms with E-state index in [0.29, 0.717) is 31.1 Å². The van der Waals surface area contributed by atoms with Gasteiger partial charge in [-0.15, -0.1) is 0 Å². The van der Waals surface area contributed by atoms with E-state index in [0.717, 1.165) is 17.5 Å². The summed E-state index contributed by atoms with van der Waals surface area (Å²) < 4.78 is 0. The molecule has 2 atom stereocenters. The summed E-state index contributed by atoms with van der Waals surface area (Å²) in [6.07, 6.45) is 0.201. The van der Waals surface area contributed by atoms with Crippen LogP contribution >= 0.6 is 11.6 Å². The van der Waals surface area contributed by atoms with Gasteiger partial charge in [-0.1, -0.05) is 38.4 Å². The van der Waals surface area contributed by atoms with Crippen LogP contribution in [-0.2, 0) is 22.7 Å². The molecule has 26 heavy (non-hydrogen) atoms. The fourth-order valence-electron chi connectivity index (χ4n) is 3.09. The number of nitrogens with one attached hydrogen (secondary N) is 1. The summed E-state index contributed by atoms with van der Waals surface area (Å²) in [6, 6.07) is 4.83. The molecule has 1 aromatic rings. The van der Waals surface area contributed by atoms with Crippen molar-refractivity contribution in [3.8, 4) is 0 Å². The molecule has 2 amide bonds. The molecule has 144 valence electrons. The number of halogens is 1. The van der Waals surface area contributed by atoms with Crippen LogP contribution in [0.15, 0.2) is 18.2 Å². The van der Waals surface area contributed by atoms with Crippen molar-refractivity contribution in [1.82, 2.24) is 10.2 Å². The number of carbonyl (C=O) groups excluding carboxylic acids is 2. The van der Waals surface area contributed by atoms with E-state index in [-0.39, 0.29) is 11.8 Å². The Hall–Kier alpha value is -1.63. The van der Waals surface area contributed by atoms with Gasteiger partial charge < -0.3 is 21.1 Å². The molecule has 1 aromatic carbocycles. The van der Waals surface area contributed by atoms with Gasteiger partial charge in [-0.05, 0) is 41.5 Å². The predicted octanol–water partition coefficient (Wildman–Crippen LogP) is 1.81. The molecular weight excluding hydrogens is 354 g/mol. The molecule has 0 spiro atoms. The van der Waals surface area contributed by atoms with Crippen molar-refractivity contribution in [3.05, 3.63) is 34.3 Å². The fourth-order valence-corrected chi connectivity index (χ4v) is 3.28. The summed E-state index contributed by atoms with van der Waals surface area (Å²) in [7, 11) is 0. The molecule has 1 unspecified atom stereocenters. The highest BCUT2D eigenvalue weighted by atomic mass is 35.5. The van der Waals surface area contributed by atoms with Gasteiger partial charge in [0.15, 0.2) is 0 Å². The maximum absolute atomic E-state index is 12.6. The predicted molar refractivity (Wildman–Crippen MR) is 101 cm³/mol. The van der Waals surface area contributed by atoms with Gasteiger partial charge in [-0.25, -0.2) is 0 Å². The summed E-state index contributed by atoms with van der Waals surface area (Å²) in [5, 5.41) is 13.7. The largest absolute Gasteiger partial charge is 0.383 e. The first-order valence-corrected chi connectivity index (χ1v) is 9.26. The maximum Gasteiger partial charge on any atom is 0.252 e. The van der Waals surface area contributed by atoms with Crippen LogP contribution in [0.2, 0.25) is 5.02 Å². The number of carbonyl (C=O) groups is 2.